The van der Waals surface area contributed by atoms with Gasteiger partial charge in [0.25, 0.3) is 0 Å². The van der Waals surface area contributed by atoms with E-state index in [2.05, 4.69) is 15.3 Å². The Labute approximate surface area is 148 Å². The molecule has 0 spiro atoms. The summed E-state index contributed by atoms with van der Waals surface area (Å²) in [7, 11) is 3.88. The Hall–Kier alpha value is -2.63. The normalized spacial score (nSPS) is 17.7. The highest BCUT2D eigenvalue weighted by atomic mass is 16.2. The molecule has 132 valence electrons. The standard InChI is InChI=1S/C19H25N5O/c1-23(2)18-8-7-16(14-21-18)22-19(25)24-13-5-3-4-6-17(24)15-9-11-20-12-10-15/h7-12,14,17H,3-6,13H2,1-2H3,(H,22,25). The van der Waals surface area contributed by atoms with Crippen LogP contribution in [0.2, 0.25) is 0 Å². The SMILES string of the molecule is CN(C)c1ccc(NC(=O)N2CCCCCC2c2ccncc2)cn1. The molecule has 1 saturated heterocycles. The average molecular weight is 339 g/mol. The van der Waals surface area contributed by atoms with Crippen molar-refractivity contribution in [2.24, 2.45) is 0 Å². The molecule has 6 nitrogen and oxygen atoms in total. The maximum absolute atomic E-state index is 12.9. The average Bonchev–Trinajstić information content (AvgIpc) is 2.89. The van der Waals surface area contributed by atoms with E-state index < -0.39 is 0 Å². The lowest BCUT2D eigenvalue weighted by Crippen LogP contribution is -2.38. The van der Waals surface area contributed by atoms with Crippen molar-refractivity contribution in [2.75, 3.05) is 30.9 Å². The molecular weight excluding hydrogens is 314 g/mol. The van der Waals surface area contributed by atoms with Gasteiger partial charge in [0, 0.05) is 33.0 Å². The molecule has 3 heterocycles. The van der Waals surface area contributed by atoms with Gasteiger partial charge in [0.2, 0.25) is 0 Å². The summed E-state index contributed by atoms with van der Waals surface area (Å²) in [5, 5.41) is 3.00. The molecule has 1 atom stereocenters. The Balaban J connectivity index is 1.75. The highest BCUT2D eigenvalue weighted by molar-refractivity contribution is 5.89. The third-order valence-corrected chi connectivity index (χ3v) is 4.56. The number of aromatic nitrogens is 2. The fourth-order valence-corrected chi connectivity index (χ4v) is 3.20. The van der Waals surface area contributed by atoms with Crippen LogP contribution in [0.1, 0.15) is 37.3 Å². The van der Waals surface area contributed by atoms with Gasteiger partial charge in [-0.15, -0.1) is 0 Å². The molecule has 2 aromatic heterocycles. The van der Waals surface area contributed by atoms with Crippen LogP contribution < -0.4 is 10.2 Å². The molecule has 0 aliphatic carbocycles. The first kappa shape index (κ1) is 17.2. The van der Waals surface area contributed by atoms with Crippen molar-refractivity contribution in [3.8, 4) is 0 Å². The molecule has 1 fully saturated rings. The number of hydrogen-bond donors (Lipinski definition) is 1. The van der Waals surface area contributed by atoms with Crippen LogP contribution in [-0.2, 0) is 0 Å². The van der Waals surface area contributed by atoms with Crippen LogP contribution in [0, 0.1) is 0 Å². The summed E-state index contributed by atoms with van der Waals surface area (Å²) in [4.78, 5) is 25.2. The number of urea groups is 1. The molecule has 1 N–H and O–H groups in total. The number of amides is 2. The van der Waals surface area contributed by atoms with Gasteiger partial charge in [-0.2, -0.15) is 0 Å². The van der Waals surface area contributed by atoms with E-state index in [1.807, 2.05) is 48.2 Å². The molecule has 0 saturated carbocycles. The van der Waals surface area contributed by atoms with Gasteiger partial charge < -0.3 is 15.1 Å². The Bertz CT molecular complexity index is 687. The van der Waals surface area contributed by atoms with E-state index in [0.29, 0.717) is 5.69 Å². The molecule has 6 heteroatoms. The van der Waals surface area contributed by atoms with Crippen molar-refractivity contribution < 1.29 is 4.79 Å². The van der Waals surface area contributed by atoms with Crippen molar-refractivity contribution in [1.29, 1.82) is 0 Å². The molecule has 1 aliphatic rings. The van der Waals surface area contributed by atoms with Gasteiger partial charge in [0.05, 0.1) is 17.9 Å². The maximum atomic E-state index is 12.9. The summed E-state index contributed by atoms with van der Waals surface area (Å²) in [6.07, 6.45) is 9.59. The Morgan fingerprint density at radius 3 is 2.64 bits per heavy atom. The summed E-state index contributed by atoms with van der Waals surface area (Å²) < 4.78 is 0. The van der Waals surface area contributed by atoms with Crippen molar-refractivity contribution >= 4 is 17.5 Å². The molecule has 0 radical (unpaired) electrons. The molecule has 2 amide bonds. The van der Waals surface area contributed by atoms with Crippen LogP contribution in [0.5, 0.6) is 0 Å². The Kier molecular flexibility index (Phi) is 5.48. The van der Waals surface area contributed by atoms with Crippen LogP contribution in [0.4, 0.5) is 16.3 Å². The number of carbonyl (C=O) groups is 1. The minimum Gasteiger partial charge on any atom is -0.363 e. The molecule has 3 rings (SSSR count). The number of rotatable bonds is 3. The summed E-state index contributed by atoms with van der Waals surface area (Å²) in [5.74, 6) is 0.863. The number of likely N-dealkylation sites (tertiary alicyclic amines) is 1. The van der Waals surface area contributed by atoms with E-state index in [-0.39, 0.29) is 12.1 Å². The van der Waals surface area contributed by atoms with Gasteiger partial charge in [-0.25, -0.2) is 9.78 Å². The number of carbonyl (C=O) groups excluding carboxylic acids is 1. The minimum atomic E-state index is -0.0666. The van der Waals surface area contributed by atoms with Crippen LogP contribution in [0.3, 0.4) is 0 Å². The highest BCUT2D eigenvalue weighted by Crippen LogP contribution is 2.30. The van der Waals surface area contributed by atoms with Crippen LogP contribution >= 0.6 is 0 Å². The summed E-state index contributed by atoms with van der Waals surface area (Å²) in [6.45, 7) is 0.766. The number of nitrogens with zero attached hydrogens (tertiary/aromatic N) is 4. The Morgan fingerprint density at radius 2 is 1.96 bits per heavy atom. The van der Waals surface area contributed by atoms with E-state index in [1.54, 1.807) is 18.6 Å². The minimum absolute atomic E-state index is 0.0666. The first-order chi connectivity index (χ1) is 12.1. The lowest BCUT2D eigenvalue weighted by Gasteiger charge is -2.30. The first-order valence-corrected chi connectivity index (χ1v) is 8.76. The lowest BCUT2D eigenvalue weighted by atomic mass is 10.0. The number of hydrogen-bond acceptors (Lipinski definition) is 4. The van der Waals surface area contributed by atoms with Crippen molar-refractivity contribution in [3.63, 3.8) is 0 Å². The van der Waals surface area contributed by atoms with Crippen LogP contribution in [0.25, 0.3) is 0 Å². The molecule has 25 heavy (non-hydrogen) atoms. The van der Waals surface area contributed by atoms with Gasteiger partial charge in [-0.3, -0.25) is 4.98 Å². The van der Waals surface area contributed by atoms with Crippen molar-refractivity contribution in [1.82, 2.24) is 14.9 Å². The van der Waals surface area contributed by atoms with E-state index in [9.17, 15) is 4.79 Å². The smallest absolute Gasteiger partial charge is 0.322 e. The third-order valence-electron chi connectivity index (χ3n) is 4.56. The molecular formula is C19H25N5O. The molecule has 2 aromatic rings. The highest BCUT2D eigenvalue weighted by Gasteiger charge is 2.26. The quantitative estimate of drug-likeness (QED) is 0.926. The van der Waals surface area contributed by atoms with Gasteiger partial charge in [-0.1, -0.05) is 12.8 Å². The molecule has 0 aromatic carbocycles. The monoisotopic (exact) mass is 339 g/mol. The summed E-state index contributed by atoms with van der Waals surface area (Å²) in [5.41, 5.74) is 1.86. The third kappa shape index (κ3) is 4.26. The fraction of sp³-hybridized carbons (Fsp3) is 0.421. The van der Waals surface area contributed by atoms with Crippen LogP contribution in [-0.4, -0.2) is 41.5 Å². The second kappa shape index (κ2) is 7.96. The van der Waals surface area contributed by atoms with E-state index in [1.165, 1.54) is 0 Å². The van der Waals surface area contributed by atoms with Gasteiger partial charge in [0.1, 0.15) is 5.82 Å². The maximum Gasteiger partial charge on any atom is 0.322 e. The van der Waals surface area contributed by atoms with Gasteiger partial charge in [0.15, 0.2) is 0 Å². The van der Waals surface area contributed by atoms with Gasteiger partial charge >= 0.3 is 6.03 Å². The zero-order valence-electron chi connectivity index (χ0n) is 14.9. The van der Waals surface area contributed by atoms with Crippen molar-refractivity contribution in [3.05, 3.63) is 48.4 Å². The predicted molar refractivity (Wildman–Crippen MR) is 99.7 cm³/mol. The Morgan fingerprint density at radius 1 is 1.16 bits per heavy atom. The molecule has 1 aliphatic heterocycles. The lowest BCUT2D eigenvalue weighted by molar-refractivity contribution is 0.189. The second-order valence-corrected chi connectivity index (χ2v) is 6.57. The largest absolute Gasteiger partial charge is 0.363 e. The van der Waals surface area contributed by atoms with Crippen LogP contribution in [0.15, 0.2) is 42.9 Å². The molecule has 0 bridgehead atoms. The van der Waals surface area contributed by atoms with E-state index in [4.69, 9.17) is 0 Å². The zero-order valence-corrected chi connectivity index (χ0v) is 14.9. The topological polar surface area (TPSA) is 61.4 Å². The summed E-state index contributed by atoms with van der Waals surface area (Å²) >= 11 is 0. The first-order valence-electron chi connectivity index (χ1n) is 8.76. The predicted octanol–water partition coefficient (Wildman–Crippen LogP) is 3.69. The number of nitrogens with one attached hydrogen (secondary N) is 1. The van der Waals surface area contributed by atoms with E-state index >= 15 is 0 Å². The fourth-order valence-electron chi connectivity index (χ4n) is 3.20. The zero-order chi connectivity index (χ0) is 17.6. The van der Waals surface area contributed by atoms with E-state index in [0.717, 1.165) is 43.6 Å². The molecule has 1 unspecified atom stereocenters. The van der Waals surface area contributed by atoms with Crippen molar-refractivity contribution in [2.45, 2.75) is 31.7 Å². The number of anilines is 2. The number of pyridine rings is 2. The summed E-state index contributed by atoms with van der Waals surface area (Å²) in [6, 6.07) is 7.83. The van der Waals surface area contributed by atoms with Gasteiger partial charge in [-0.05, 0) is 42.7 Å². The second-order valence-electron chi connectivity index (χ2n) is 6.57.